The van der Waals surface area contributed by atoms with Crippen LogP contribution in [0.15, 0.2) is 24.3 Å². The summed E-state index contributed by atoms with van der Waals surface area (Å²) in [4.78, 5) is 11.7. The molecular weight excluding hydrogens is 516 g/mol. The van der Waals surface area contributed by atoms with Crippen molar-refractivity contribution in [2.24, 2.45) is 0 Å². The van der Waals surface area contributed by atoms with Crippen molar-refractivity contribution >= 4 is 6.16 Å². The first-order valence-corrected chi connectivity index (χ1v) is 18.9. The number of rotatable bonds is 34. The molecule has 0 N–H and O–H groups in total. The molecule has 0 fully saturated rings. The molecule has 0 atom stereocenters. The molecule has 0 saturated heterocycles. The molecular formula is C39H74O3. The van der Waals surface area contributed by atoms with Crippen molar-refractivity contribution < 1.29 is 14.3 Å². The van der Waals surface area contributed by atoms with Crippen molar-refractivity contribution in [1.82, 2.24) is 0 Å². The lowest BCUT2D eigenvalue weighted by Crippen LogP contribution is -2.09. The van der Waals surface area contributed by atoms with Crippen LogP contribution in [0.3, 0.4) is 0 Å². The van der Waals surface area contributed by atoms with Gasteiger partial charge in [-0.25, -0.2) is 4.79 Å². The van der Waals surface area contributed by atoms with Crippen molar-refractivity contribution in [2.75, 3.05) is 13.2 Å². The highest BCUT2D eigenvalue weighted by Crippen LogP contribution is 2.13. The van der Waals surface area contributed by atoms with E-state index in [1.807, 2.05) is 0 Å². The highest BCUT2D eigenvalue weighted by atomic mass is 16.7. The quantitative estimate of drug-likeness (QED) is 0.0425. The van der Waals surface area contributed by atoms with Gasteiger partial charge in [-0.3, -0.25) is 0 Å². The highest BCUT2D eigenvalue weighted by Gasteiger charge is 2.03. The lowest BCUT2D eigenvalue weighted by Gasteiger charge is -2.06. The van der Waals surface area contributed by atoms with Crippen molar-refractivity contribution in [3.8, 4) is 0 Å². The molecule has 0 saturated carbocycles. The summed E-state index contributed by atoms with van der Waals surface area (Å²) in [6.45, 7) is 5.54. The third-order valence-corrected chi connectivity index (χ3v) is 8.25. The summed E-state index contributed by atoms with van der Waals surface area (Å²) in [7, 11) is 0. The second-order valence-electron chi connectivity index (χ2n) is 12.5. The Morgan fingerprint density at radius 2 is 0.595 bits per heavy atom. The Balaban J connectivity index is 3.20. The normalized spacial score (nSPS) is 11.7. The Labute approximate surface area is 264 Å². The first-order chi connectivity index (χ1) is 20.8. The van der Waals surface area contributed by atoms with Crippen LogP contribution in [0.5, 0.6) is 0 Å². The molecule has 0 rings (SSSR count). The number of hydrogen-bond donors (Lipinski definition) is 0. The van der Waals surface area contributed by atoms with Gasteiger partial charge in [-0.05, 0) is 64.2 Å². The van der Waals surface area contributed by atoms with Crippen LogP contribution in [0.1, 0.15) is 206 Å². The van der Waals surface area contributed by atoms with Gasteiger partial charge in [-0.1, -0.05) is 167 Å². The number of unbranched alkanes of at least 4 members (excludes halogenated alkanes) is 26. The number of allylic oxidation sites excluding steroid dienone is 4. The third kappa shape index (κ3) is 36.8. The first kappa shape index (κ1) is 40.8. The summed E-state index contributed by atoms with van der Waals surface area (Å²) in [6, 6.07) is 0. The number of hydrogen-bond acceptors (Lipinski definition) is 3. The largest absolute Gasteiger partial charge is 0.508 e. The number of carbonyl (C=O) groups is 1. The van der Waals surface area contributed by atoms with E-state index in [0.717, 1.165) is 25.7 Å². The molecule has 0 heterocycles. The molecule has 0 bridgehead atoms. The van der Waals surface area contributed by atoms with Crippen LogP contribution in [-0.4, -0.2) is 19.4 Å². The first-order valence-electron chi connectivity index (χ1n) is 18.9. The van der Waals surface area contributed by atoms with E-state index in [1.165, 1.54) is 167 Å². The number of carbonyl (C=O) groups excluding carboxylic acids is 1. The molecule has 0 spiro atoms. The van der Waals surface area contributed by atoms with Gasteiger partial charge in [0.15, 0.2) is 0 Å². The Hall–Kier alpha value is -1.25. The minimum atomic E-state index is -0.482. The maximum Gasteiger partial charge on any atom is 0.508 e. The van der Waals surface area contributed by atoms with Crippen LogP contribution in [0, 0.1) is 0 Å². The lowest BCUT2D eigenvalue weighted by molar-refractivity contribution is 0.0529. The molecule has 0 aromatic heterocycles. The van der Waals surface area contributed by atoms with E-state index in [9.17, 15) is 4.79 Å². The zero-order valence-corrected chi connectivity index (χ0v) is 28.7. The SMILES string of the molecule is CCCCCC/C=C\CCCCCCCCOC(=O)OCCCCCCCCCCCC/C=C\CCCCCCCC. The van der Waals surface area contributed by atoms with Crippen LogP contribution in [-0.2, 0) is 9.47 Å². The number of ether oxygens (including phenoxy) is 2. The fraction of sp³-hybridized carbons (Fsp3) is 0.872. The third-order valence-electron chi connectivity index (χ3n) is 8.25. The Bertz CT molecular complexity index is 568. The molecule has 3 heteroatoms. The lowest BCUT2D eigenvalue weighted by atomic mass is 10.1. The molecule has 0 aromatic rings. The predicted molar refractivity (Wildman–Crippen MR) is 185 cm³/mol. The van der Waals surface area contributed by atoms with Crippen molar-refractivity contribution in [3.63, 3.8) is 0 Å². The van der Waals surface area contributed by atoms with E-state index < -0.39 is 6.16 Å². The highest BCUT2D eigenvalue weighted by molar-refractivity contribution is 5.59. The Morgan fingerprint density at radius 1 is 0.357 bits per heavy atom. The smallest absolute Gasteiger partial charge is 0.434 e. The second-order valence-corrected chi connectivity index (χ2v) is 12.5. The van der Waals surface area contributed by atoms with E-state index >= 15 is 0 Å². The van der Waals surface area contributed by atoms with Gasteiger partial charge in [0.1, 0.15) is 0 Å². The minimum Gasteiger partial charge on any atom is -0.434 e. The summed E-state index contributed by atoms with van der Waals surface area (Å²) in [5.74, 6) is 0. The molecule has 0 aromatic carbocycles. The van der Waals surface area contributed by atoms with Crippen LogP contribution in [0.4, 0.5) is 4.79 Å². The van der Waals surface area contributed by atoms with E-state index in [2.05, 4.69) is 38.2 Å². The maximum atomic E-state index is 11.7. The Kier molecular flexibility index (Phi) is 36.7. The van der Waals surface area contributed by atoms with Crippen molar-refractivity contribution in [1.29, 1.82) is 0 Å². The zero-order valence-electron chi connectivity index (χ0n) is 28.7. The van der Waals surface area contributed by atoms with Gasteiger partial charge in [0, 0.05) is 0 Å². The van der Waals surface area contributed by atoms with Crippen LogP contribution in [0.2, 0.25) is 0 Å². The summed E-state index contributed by atoms with van der Waals surface area (Å²) >= 11 is 0. The fourth-order valence-corrected chi connectivity index (χ4v) is 5.41. The molecule has 0 aliphatic heterocycles. The van der Waals surface area contributed by atoms with Gasteiger partial charge in [0.05, 0.1) is 13.2 Å². The second kappa shape index (κ2) is 37.8. The van der Waals surface area contributed by atoms with E-state index in [4.69, 9.17) is 9.47 Å². The van der Waals surface area contributed by atoms with Crippen LogP contribution >= 0.6 is 0 Å². The molecule has 0 radical (unpaired) electrons. The van der Waals surface area contributed by atoms with Gasteiger partial charge >= 0.3 is 6.16 Å². The topological polar surface area (TPSA) is 35.5 Å². The molecule has 0 unspecified atom stereocenters. The summed E-state index contributed by atoms with van der Waals surface area (Å²) in [5.41, 5.74) is 0. The van der Waals surface area contributed by atoms with Gasteiger partial charge in [0.25, 0.3) is 0 Å². The van der Waals surface area contributed by atoms with E-state index in [1.54, 1.807) is 0 Å². The monoisotopic (exact) mass is 591 g/mol. The summed E-state index contributed by atoms with van der Waals surface area (Å²) < 4.78 is 10.4. The Morgan fingerprint density at radius 3 is 0.905 bits per heavy atom. The van der Waals surface area contributed by atoms with Crippen molar-refractivity contribution in [2.45, 2.75) is 206 Å². The predicted octanol–water partition coefficient (Wildman–Crippen LogP) is 14.0. The molecule has 248 valence electrons. The minimum absolute atomic E-state index is 0.482. The molecule has 0 aliphatic rings. The molecule has 0 amide bonds. The van der Waals surface area contributed by atoms with Gasteiger partial charge in [0.2, 0.25) is 0 Å². The average Bonchev–Trinajstić information content (AvgIpc) is 3.00. The van der Waals surface area contributed by atoms with Crippen molar-refractivity contribution in [3.05, 3.63) is 24.3 Å². The van der Waals surface area contributed by atoms with Crippen LogP contribution in [0.25, 0.3) is 0 Å². The maximum absolute atomic E-state index is 11.7. The average molecular weight is 591 g/mol. The molecule has 0 aliphatic carbocycles. The molecule has 3 nitrogen and oxygen atoms in total. The van der Waals surface area contributed by atoms with Gasteiger partial charge in [-0.15, -0.1) is 0 Å². The van der Waals surface area contributed by atoms with Gasteiger partial charge < -0.3 is 9.47 Å². The van der Waals surface area contributed by atoms with Gasteiger partial charge in [-0.2, -0.15) is 0 Å². The molecule has 42 heavy (non-hydrogen) atoms. The summed E-state index contributed by atoms with van der Waals surface area (Å²) in [6.07, 6.45) is 48.0. The summed E-state index contributed by atoms with van der Waals surface area (Å²) in [5, 5.41) is 0. The zero-order chi connectivity index (χ0) is 30.4. The van der Waals surface area contributed by atoms with E-state index in [-0.39, 0.29) is 0 Å². The standard InChI is InChI=1S/C39H74O3/c1-3-5-7-9-11-13-15-17-19-20-21-22-23-24-26-28-30-32-34-36-38-42-39(40)41-37-35-33-31-29-27-25-18-16-14-12-10-8-6-4-2/h14,16-17,19H,3-13,15,18,20-38H2,1-2H3/b16-14-,19-17-. The van der Waals surface area contributed by atoms with E-state index in [0.29, 0.717) is 13.2 Å². The van der Waals surface area contributed by atoms with Crippen LogP contribution < -0.4 is 0 Å². The fourth-order valence-electron chi connectivity index (χ4n) is 5.41.